The summed E-state index contributed by atoms with van der Waals surface area (Å²) in [4.78, 5) is 3.80. The molecule has 2 N–H and O–H groups in total. The smallest absolute Gasteiger partial charge is 0.319 e. The molecule has 0 spiro atoms. The van der Waals surface area contributed by atoms with Gasteiger partial charge in [-0.2, -0.15) is 13.2 Å². The van der Waals surface area contributed by atoms with Crippen LogP contribution < -0.4 is 5.73 Å². The normalized spacial score (nSPS) is 13.0. The van der Waals surface area contributed by atoms with Crippen LogP contribution in [0.5, 0.6) is 0 Å². The average molecular weight is 357 g/mol. The van der Waals surface area contributed by atoms with Crippen molar-refractivity contribution in [1.82, 2.24) is 4.98 Å². The molecule has 0 aliphatic rings. The first-order chi connectivity index (χ1) is 9.79. The first-order valence-corrected chi connectivity index (χ1v) is 6.82. The van der Waals surface area contributed by atoms with Crippen molar-refractivity contribution in [1.29, 1.82) is 0 Å². The van der Waals surface area contributed by atoms with Crippen molar-refractivity contribution < 1.29 is 13.2 Å². The van der Waals surface area contributed by atoms with Crippen LogP contribution in [0.2, 0.25) is 0 Å². The second-order valence-corrected chi connectivity index (χ2v) is 5.40. The molecule has 0 aliphatic carbocycles. The van der Waals surface area contributed by atoms with Crippen molar-refractivity contribution in [3.63, 3.8) is 0 Å². The molecule has 1 aromatic heterocycles. The maximum absolute atomic E-state index is 12.5. The Morgan fingerprint density at radius 3 is 2.48 bits per heavy atom. The zero-order chi connectivity index (χ0) is 15.6. The van der Waals surface area contributed by atoms with Crippen LogP contribution >= 0.6 is 15.9 Å². The van der Waals surface area contributed by atoms with Gasteiger partial charge in [0.2, 0.25) is 0 Å². The highest BCUT2D eigenvalue weighted by Crippen LogP contribution is 2.31. The van der Waals surface area contributed by atoms with Crippen molar-refractivity contribution in [3.8, 4) is 0 Å². The van der Waals surface area contributed by atoms with Crippen LogP contribution in [0.15, 0.2) is 53.6 Å². The van der Waals surface area contributed by atoms with Crippen molar-refractivity contribution in [3.05, 3.63) is 70.5 Å². The van der Waals surface area contributed by atoms with Gasteiger partial charge in [0.05, 0.1) is 17.3 Å². The molecule has 1 aromatic carbocycles. The molecule has 1 heterocycles. The Morgan fingerprint density at radius 2 is 1.95 bits per heavy atom. The summed E-state index contributed by atoms with van der Waals surface area (Å²) in [7, 11) is 0. The monoisotopic (exact) mass is 356 g/mol. The van der Waals surface area contributed by atoms with Gasteiger partial charge < -0.3 is 5.73 Å². The minimum atomic E-state index is -4.41. The van der Waals surface area contributed by atoms with Gasteiger partial charge in [-0.1, -0.05) is 34.6 Å². The number of nitrogens with two attached hydrogens (primary N) is 1. The molecule has 0 saturated carbocycles. The van der Waals surface area contributed by atoms with Crippen molar-refractivity contribution >= 4 is 21.5 Å². The van der Waals surface area contributed by atoms with E-state index < -0.39 is 17.8 Å². The molecule has 2 nitrogen and oxygen atoms in total. The highest BCUT2D eigenvalue weighted by molar-refractivity contribution is 9.10. The van der Waals surface area contributed by atoms with E-state index in [-0.39, 0.29) is 0 Å². The SMILES string of the molecule is C=C(c1cccc(Br)c1)C(N)c1ccc(C(F)(F)F)cn1. The summed E-state index contributed by atoms with van der Waals surface area (Å²) >= 11 is 3.34. The summed E-state index contributed by atoms with van der Waals surface area (Å²) < 4.78 is 38.4. The molecule has 6 heteroatoms. The summed E-state index contributed by atoms with van der Waals surface area (Å²) in [5.41, 5.74) is 6.95. The van der Waals surface area contributed by atoms with Gasteiger partial charge in [-0.15, -0.1) is 0 Å². The van der Waals surface area contributed by atoms with E-state index in [4.69, 9.17) is 5.73 Å². The number of rotatable bonds is 3. The Labute approximate surface area is 128 Å². The molecular weight excluding hydrogens is 345 g/mol. The van der Waals surface area contributed by atoms with Gasteiger partial charge in [-0.3, -0.25) is 4.98 Å². The molecule has 0 saturated heterocycles. The van der Waals surface area contributed by atoms with Crippen LogP contribution in [-0.2, 0) is 6.18 Å². The Kier molecular flexibility index (Phi) is 4.49. The minimum absolute atomic E-state index is 0.341. The summed E-state index contributed by atoms with van der Waals surface area (Å²) in [6, 6.07) is 8.94. The Bertz CT molecular complexity index is 651. The topological polar surface area (TPSA) is 38.9 Å². The van der Waals surface area contributed by atoms with Crippen molar-refractivity contribution in [2.75, 3.05) is 0 Å². The highest BCUT2D eigenvalue weighted by Gasteiger charge is 2.31. The zero-order valence-electron chi connectivity index (χ0n) is 10.9. The Hall–Kier alpha value is -1.66. The fourth-order valence-corrected chi connectivity index (χ4v) is 2.20. The molecule has 2 aromatic rings. The van der Waals surface area contributed by atoms with E-state index in [0.29, 0.717) is 11.3 Å². The van der Waals surface area contributed by atoms with E-state index in [1.165, 1.54) is 6.07 Å². The molecular formula is C15H12BrF3N2. The van der Waals surface area contributed by atoms with Gasteiger partial charge in [-0.25, -0.2) is 0 Å². The maximum atomic E-state index is 12.5. The summed E-state index contributed by atoms with van der Waals surface area (Å²) in [5.74, 6) is 0. The van der Waals surface area contributed by atoms with Gasteiger partial charge in [-0.05, 0) is 35.4 Å². The highest BCUT2D eigenvalue weighted by atomic mass is 79.9. The molecule has 21 heavy (non-hydrogen) atoms. The van der Waals surface area contributed by atoms with Crippen molar-refractivity contribution in [2.45, 2.75) is 12.2 Å². The van der Waals surface area contributed by atoms with Crippen LogP contribution in [0.3, 0.4) is 0 Å². The molecule has 0 aliphatic heterocycles. The second kappa shape index (κ2) is 5.99. The van der Waals surface area contributed by atoms with Crippen LogP contribution in [0.4, 0.5) is 13.2 Å². The number of hydrogen-bond acceptors (Lipinski definition) is 2. The number of halogens is 4. The molecule has 2 rings (SSSR count). The first-order valence-electron chi connectivity index (χ1n) is 6.02. The van der Waals surface area contributed by atoms with Gasteiger partial charge in [0.15, 0.2) is 0 Å². The van der Waals surface area contributed by atoms with Crippen molar-refractivity contribution in [2.24, 2.45) is 5.73 Å². The van der Waals surface area contributed by atoms with E-state index >= 15 is 0 Å². The number of nitrogens with zero attached hydrogens (tertiary/aromatic N) is 1. The largest absolute Gasteiger partial charge is 0.417 e. The Morgan fingerprint density at radius 1 is 1.24 bits per heavy atom. The van der Waals surface area contributed by atoms with Crippen LogP contribution in [0, 0.1) is 0 Å². The van der Waals surface area contributed by atoms with Gasteiger partial charge in [0, 0.05) is 10.7 Å². The number of pyridine rings is 1. The molecule has 0 fully saturated rings. The summed E-state index contributed by atoms with van der Waals surface area (Å²) in [5, 5.41) is 0. The zero-order valence-corrected chi connectivity index (χ0v) is 12.4. The molecule has 1 unspecified atom stereocenters. The molecule has 110 valence electrons. The van der Waals surface area contributed by atoms with Crippen LogP contribution in [0.25, 0.3) is 5.57 Å². The maximum Gasteiger partial charge on any atom is 0.417 e. The van der Waals surface area contributed by atoms with E-state index in [1.54, 1.807) is 0 Å². The lowest BCUT2D eigenvalue weighted by atomic mass is 9.98. The van der Waals surface area contributed by atoms with E-state index in [9.17, 15) is 13.2 Å². The molecule has 1 atom stereocenters. The van der Waals surface area contributed by atoms with E-state index in [2.05, 4.69) is 27.5 Å². The van der Waals surface area contributed by atoms with Gasteiger partial charge in [0.25, 0.3) is 0 Å². The summed E-state index contributed by atoms with van der Waals surface area (Å²) in [6.07, 6.45) is -3.62. The molecule has 0 bridgehead atoms. The average Bonchev–Trinajstić information content (AvgIpc) is 2.45. The predicted molar refractivity (Wildman–Crippen MR) is 79.3 cm³/mol. The Balaban J connectivity index is 2.24. The standard InChI is InChI=1S/C15H12BrF3N2/c1-9(10-3-2-4-12(16)7-10)14(20)13-6-5-11(8-21-13)15(17,18)19/h2-8,14H,1,20H2. The third-order valence-electron chi connectivity index (χ3n) is 3.00. The van der Waals surface area contributed by atoms with Gasteiger partial charge in [0.1, 0.15) is 0 Å². The molecule has 0 amide bonds. The number of hydrogen-bond donors (Lipinski definition) is 1. The van der Waals surface area contributed by atoms with Crippen LogP contribution in [0.1, 0.15) is 22.9 Å². The third kappa shape index (κ3) is 3.71. The van der Waals surface area contributed by atoms with E-state index in [0.717, 1.165) is 22.3 Å². The second-order valence-electron chi connectivity index (χ2n) is 4.48. The predicted octanol–water partition coefficient (Wildman–Crippen LogP) is 4.58. The fourth-order valence-electron chi connectivity index (χ4n) is 1.80. The summed E-state index contributed by atoms with van der Waals surface area (Å²) in [6.45, 7) is 3.91. The lowest BCUT2D eigenvalue weighted by Crippen LogP contribution is -2.14. The van der Waals surface area contributed by atoms with E-state index in [1.807, 2.05) is 24.3 Å². The first kappa shape index (κ1) is 15.7. The lowest BCUT2D eigenvalue weighted by Gasteiger charge is -2.16. The molecule has 0 radical (unpaired) electrons. The number of benzene rings is 1. The quantitative estimate of drug-likeness (QED) is 0.874. The fraction of sp³-hybridized carbons (Fsp3) is 0.133. The number of aromatic nitrogens is 1. The van der Waals surface area contributed by atoms with Gasteiger partial charge >= 0.3 is 6.18 Å². The minimum Gasteiger partial charge on any atom is -0.319 e. The lowest BCUT2D eigenvalue weighted by molar-refractivity contribution is -0.137. The van der Waals surface area contributed by atoms with Crippen LogP contribution in [-0.4, -0.2) is 4.98 Å². The third-order valence-corrected chi connectivity index (χ3v) is 3.50. The number of alkyl halides is 3.